The number of halogens is 3. The van der Waals surface area contributed by atoms with E-state index in [1.807, 2.05) is 13.8 Å². The van der Waals surface area contributed by atoms with Gasteiger partial charge in [-0.05, 0) is 26.3 Å². The van der Waals surface area contributed by atoms with Crippen LogP contribution in [0, 0.1) is 19.7 Å². The number of fused-ring (bicyclic) bond motifs is 1. The molecule has 126 valence electrons. The molecule has 8 heteroatoms. The molecule has 0 radical (unpaired) electrons. The summed E-state index contributed by atoms with van der Waals surface area (Å²) < 4.78 is 13.8. The topological polar surface area (TPSA) is 72.1 Å². The van der Waals surface area contributed by atoms with Crippen LogP contribution in [-0.2, 0) is 0 Å². The average Bonchev–Trinajstić information content (AvgIpc) is 2.86. The summed E-state index contributed by atoms with van der Waals surface area (Å²) in [7, 11) is 0. The number of amides is 1. The summed E-state index contributed by atoms with van der Waals surface area (Å²) in [5, 5.41) is 0. The quantitative estimate of drug-likeness (QED) is 0.847. The van der Waals surface area contributed by atoms with E-state index < -0.39 is 5.82 Å². The van der Waals surface area contributed by atoms with Crippen LogP contribution in [0.15, 0.2) is 12.1 Å². The molecule has 1 atom stereocenters. The third-order valence-electron chi connectivity index (χ3n) is 3.89. The molecular formula is C15H19Cl2FN4O. The maximum atomic E-state index is 13.8. The van der Waals surface area contributed by atoms with Crippen LogP contribution in [0.5, 0.6) is 0 Å². The van der Waals surface area contributed by atoms with Crippen molar-refractivity contribution < 1.29 is 9.18 Å². The fourth-order valence-electron chi connectivity index (χ4n) is 2.60. The third kappa shape index (κ3) is 3.71. The molecule has 1 amide bonds. The molecule has 2 N–H and O–H groups in total. The Bertz CT molecular complexity index is 741. The normalized spacial score (nSPS) is 16.9. The van der Waals surface area contributed by atoms with E-state index in [4.69, 9.17) is 5.73 Å². The number of likely N-dealkylation sites (tertiary alicyclic amines) is 1. The lowest BCUT2D eigenvalue weighted by atomic mass is 10.1. The largest absolute Gasteiger partial charge is 0.337 e. The van der Waals surface area contributed by atoms with Crippen molar-refractivity contribution >= 4 is 41.8 Å². The molecule has 1 aliphatic rings. The van der Waals surface area contributed by atoms with Crippen molar-refractivity contribution in [1.82, 2.24) is 14.9 Å². The molecule has 1 aromatic carbocycles. The maximum Gasteiger partial charge on any atom is 0.256 e. The van der Waals surface area contributed by atoms with Gasteiger partial charge in [-0.3, -0.25) is 4.79 Å². The smallest absolute Gasteiger partial charge is 0.256 e. The van der Waals surface area contributed by atoms with E-state index in [2.05, 4.69) is 9.97 Å². The van der Waals surface area contributed by atoms with Gasteiger partial charge >= 0.3 is 0 Å². The summed E-state index contributed by atoms with van der Waals surface area (Å²) in [4.78, 5) is 23.0. The first kappa shape index (κ1) is 19.5. The number of rotatable bonds is 1. The highest BCUT2D eigenvalue weighted by Crippen LogP contribution is 2.22. The molecule has 0 aliphatic carbocycles. The van der Waals surface area contributed by atoms with E-state index in [1.165, 1.54) is 12.1 Å². The predicted octanol–water partition coefficient (Wildman–Crippen LogP) is 2.40. The first-order chi connectivity index (χ1) is 9.95. The zero-order valence-electron chi connectivity index (χ0n) is 12.9. The lowest BCUT2D eigenvalue weighted by Gasteiger charge is -2.17. The highest BCUT2D eigenvalue weighted by molar-refractivity contribution is 6.04. The zero-order valence-corrected chi connectivity index (χ0v) is 14.5. The van der Waals surface area contributed by atoms with Gasteiger partial charge in [0.15, 0.2) is 0 Å². The summed E-state index contributed by atoms with van der Waals surface area (Å²) in [5.74, 6) is -0.711. The highest BCUT2D eigenvalue weighted by Gasteiger charge is 2.26. The summed E-state index contributed by atoms with van der Waals surface area (Å²) in [6, 6.07) is 2.53. The molecule has 3 rings (SSSR count). The van der Waals surface area contributed by atoms with Crippen molar-refractivity contribution in [2.45, 2.75) is 26.3 Å². The van der Waals surface area contributed by atoms with E-state index in [-0.39, 0.29) is 42.3 Å². The van der Waals surface area contributed by atoms with Gasteiger partial charge in [-0.25, -0.2) is 14.4 Å². The number of carbonyl (C=O) groups excluding carboxylic acids is 1. The second kappa shape index (κ2) is 7.38. The minimum atomic E-state index is -0.480. The van der Waals surface area contributed by atoms with Crippen molar-refractivity contribution in [1.29, 1.82) is 0 Å². The molecule has 2 heterocycles. The van der Waals surface area contributed by atoms with Gasteiger partial charge in [0.05, 0.1) is 22.5 Å². The Hall–Kier alpha value is -1.50. The van der Waals surface area contributed by atoms with Crippen LogP contribution in [0.4, 0.5) is 4.39 Å². The Labute approximate surface area is 146 Å². The number of aromatic nitrogens is 2. The third-order valence-corrected chi connectivity index (χ3v) is 3.89. The molecule has 0 saturated carbocycles. The van der Waals surface area contributed by atoms with Crippen molar-refractivity contribution in [2.24, 2.45) is 5.73 Å². The standard InChI is InChI=1S/C15H17FN4O.2ClH/c1-8-9(2)19-14-12(5-10(16)6-13(14)18-8)15(21)20-4-3-11(17)7-20;;/h5-6,11H,3-4,7,17H2,1-2H3;2*1H/t11-;;/m1../s1. The minimum absolute atomic E-state index is 0. The van der Waals surface area contributed by atoms with Crippen LogP contribution in [0.1, 0.15) is 28.2 Å². The fraction of sp³-hybridized carbons (Fsp3) is 0.400. The zero-order chi connectivity index (χ0) is 15.1. The van der Waals surface area contributed by atoms with E-state index in [1.54, 1.807) is 4.90 Å². The molecule has 1 aliphatic heterocycles. The van der Waals surface area contributed by atoms with Crippen molar-refractivity contribution in [3.63, 3.8) is 0 Å². The van der Waals surface area contributed by atoms with Gasteiger partial charge in [0, 0.05) is 25.2 Å². The first-order valence-electron chi connectivity index (χ1n) is 6.95. The minimum Gasteiger partial charge on any atom is -0.337 e. The lowest BCUT2D eigenvalue weighted by Crippen LogP contribution is -2.32. The number of nitrogens with two attached hydrogens (primary N) is 1. The first-order valence-corrected chi connectivity index (χ1v) is 6.95. The highest BCUT2D eigenvalue weighted by atomic mass is 35.5. The SMILES string of the molecule is Cc1nc2cc(F)cc(C(=O)N3CC[C@@H](N)C3)c2nc1C.Cl.Cl. The molecule has 2 aromatic rings. The number of carbonyl (C=O) groups is 1. The Morgan fingerprint density at radius 1 is 1.26 bits per heavy atom. The average molecular weight is 361 g/mol. The molecule has 1 fully saturated rings. The van der Waals surface area contributed by atoms with E-state index >= 15 is 0 Å². The number of aryl methyl sites for hydroxylation is 2. The van der Waals surface area contributed by atoms with Gasteiger partial charge < -0.3 is 10.6 Å². The second-order valence-electron chi connectivity index (χ2n) is 5.52. The molecule has 0 spiro atoms. The van der Waals surface area contributed by atoms with Crippen LogP contribution in [0.3, 0.4) is 0 Å². The number of nitrogens with zero attached hydrogens (tertiary/aromatic N) is 3. The fourth-order valence-corrected chi connectivity index (χ4v) is 2.60. The summed E-state index contributed by atoms with van der Waals surface area (Å²) in [6.45, 7) is 4.73. The molecule has 1 saturated heterocycles. The van der Waals surface area contributed by atoms with Gasteiger partial charge in [0.2, 0.25) is 0 Å². The van der Waals surface area contributed by atoms with Crippen LogP contribution < -0.4 is 5.73 Å². The van der Waals surface area contributed by atoms with Gasteiger partial charge in [-0.2, -0.15) is 0 Å². The second-order valence-corrected chi connectivity index (χ2v) is 5.52. The summed E-state index contributed by atoms with van der Waals surface area (Å²) >= 11 is 0. The lowest BCUT2D eigenvalue weighted by molar-refractivity contribution is 0.0792. The molecular weight excluding hydrogens is 342 g/mol. The van der Waals surface area contributed by atoms with Gasteiger partial charge in [0.1, 0.15) is 11.3 Å². The maximum absolute atomic E-state index is 13.8. The Morgan fingerprint density at radius 2 is 1.91 bits per heavy atom. The van der Waals surface area contributed by atoms with Crippen LogP contribution in [0.2, 0.25) is 0 Å². The predicted molar refractivity (Wildman–Crippen MR) is 92.0 cm³/mol. The van der Waals surface area contributed by atoms with E-state index in [9.17, 15) is 9.18 Å². The van der Waals surface area contributed by atoms with E-state index in [0.29, 0.717) is 24.1 Å². The Kier molecular flexibility index (Phi) is 6.27. The van der Waals surface area contributed by atoms with Crippen LogP contribution in [-0.4, -0.2) is 39.9 Å². The molecule has 1 aromatic heterocycles. The van der Waals surface area contributed by atoms with Crippen molar-refractivity contribution in [2.75, 3.05) is 13.1 Å². The molecule has 0 unspecified atom stereocenters. The summed E-state index contributed by atoms with van der Waals surface area (Å²) in [5.41, 5.74) is 8.42. The number of hydrogen-bond donors (Lipinski definition) is 1. The number of benzene rings is 1. The van der Waals surface area contributed by atoms with Crippen LogP contribution >= 0.6 is 24.8 Å². The Balaban J connectivity index is 0.00000132. The Morgan fingerprint density at radius 3 is 2.52 bits per heavy atom. The molecule has 0 bridgehead atoms. The van der Waals surface area contributed by atoms with Crippen molar-refractivity contribution in [3.8, 4) is 0 Å². The number of hydrogen-bond acceptors (Lipinski definition) is 4. The summed E-state index contributed by atoms with van der Waals surface area (Å²) in [6.07, 6.45) is 0.767. The van der Waals surface area contributed by atoms with Crippen molar-refractivity contribution in [3.05, 3.63) is 34.9 Å². The monoisotopic (exact) mass is 360 g/mol. The van der Waals surface area contributed by atoms with E-state index in [0.717, 1.165) is 17.8 Å². The molecule has 23 heavy (non-hydrogen) atoms. The van der Waals surface area contributed by atoms with Gasteiger partial charge in [-0.15, -0.1) is 24.8 Å². The van der Waals surface area contributed by atoms with Gasteiger partial charge in [0.25, 0.3) is 5.91 Å². The molecule has 5 nitrogen and oxygen atoms in total. The van der Waals surface area contributed by atoms with Crippen LogP contribution in [0.25, 0.3) is 11.0 Å². The van der Waals surface area contributed by atoms with Gasteiger partial charge in [-0.1, -0.05) is 0 Å².